The Bertz CT molecular complexity index is 1720. The minimum absolute atomic E-state index is 0. The minimum atomic E-state index is -0.587. The molecular formula is C32H31KN4O3. The molecule has 8 heteroatoms. The van der Waals surface area contributed by atoms with Crippen LogP contribution in [0.5, 0.6) is 0 Å². The van der Waals surface area contributed by atoms with Crippen LogP contribution in [-0.4, -0.2) is 71.1 Å². The van der Waals surface area contributed by atoms with E-state index >= 15 is 0 Å². The number of nitrogens with one attached hydrogen (secondary N) is 1. The molecule has 1 fully saturated rings. The van der Waals surface area contributed by atoms with Crippen LogP contribution >= 0.6 is 0 Å². The molecule has 0 bridgehead atoms. The van der Waals surface area contributed by atoms with Gasteiger partial charge in [0, 0.05) is 23.5 Å². The van der Waals surface area contributed by atoms with Gasteiger partial charge in [-0.2, -0.15) is 0 Å². The molecule has 198 valence electrons. The van der Waals surface area contributed by atoms with E-state index in [1.165, 1.54) is 0 Å². The van der Waals surface area contributed by atoms with E-state index in [2.05, 4.69) is 29.2 Å². The van der Waals surface area contributed by atoms with E-state index < -0.39 is 5.76 Å². The zero-order chi connectivity index (χ0) is 26.8. The molecule has 0 radical (unpaired) electrons. The van der Waals surface area contributed by atoms with Crippen molar-refractivity contribution in [3.63, 3.8) is 0 Å². The first kappa shape index (κ1) is 28.6. The van der Waals surface area contributed by atoms with Gasteiger partial charge < -0.3 is 0 Å². The molecule has 7 nitrogen and oxygen atoms in total. The molecule has 2 aromatic heterocycles. The van der Waals surface area contributed by atoms with Gasteiger partial charge in [0.05, 0.1) is 11.4 Å². The number of aryl methyl sites for hydroxylation is 1. The van der Waals surface area contributed by atoms with Crippen LogP contribution in [0.3, 0.4) is 0 Å². The number of aromatic amines is 1. The summed E-state index contributed by atoms with van der Waals surface area (Å²) in [7, 11) is 0. The van der Waals surface area contributed by atoms with Crippen molar-refractivity contribution in [3.05, 3.63) is 122 Å². The molecule has 3 aromatic carbocycles. The van der Waals surface area contributed by atoms with Gasteiger partial charge in [0.1, 0.15) is 5.82 Å². The van der Waals surface area contributed by atoms with E-state index in [9.17, 15) is 9.59 Å². The molecule has 0 unspecified atom stereocenters. The summed E-state index contributed by atoms with van der Waals surface area (Å²) in [5, 5.41) is 3.86. The monoisotopic (exact) mass is 558 g/mol. The summed E-state index contributed by atoms with van der Waals surface area (Å²) < 4.78 is 6.55. The zero-order valence-corrected chi connectivity index (χ0v) is 21.9. The molecule has 1 aliphatic rings. The number of nitrogens with zero attached hydrogens (tertiary/aromatic N) is 3. The Morgan fingerprint density at radius 2 is 1.62 bits per heavy atom. The Hall–Kier alpha value is -2.88. The fourth-order valence-electron chi connectivity index (χ4n) is 5.08. The molecule has 1 aliphatic carbocycles. The van der Waals surface area contributed by atoms with Crippen molar-refractivity contribution in [3.8, 4) is 28.2 Å². The van der Waals surface area contributed by atoms with E-state index in [-0.39, 0.29) is 56.9 Å². The van der Waals surface area contributed by atoms with Gasteiger partial charge in [0.25, 0.3) is 5.56 Å². The second kappa shape index (κ2) is 12.7. The van der Waals surface area contributed by atoms with E-state index in [1.54, 1.807) is 0 Å². The van der Waals surface area contributed by atoms with E-state index in [0.717, 1.165) is 77.1 Å². The van der Waals surface area contributed by atoms with Crippen LogP contribution in [-0.2, 0) is 12.8 Å². The van der Waals surface area contributed by atoms with E-state index in [1.807, 2.05) is 71.3 Å². The Labute approximate surface area is 275 Å². The Morgan fingerprint density at radius 3 is 2.27 bits per heavy atom. The molecule has 0 aliphatic heterocycles. The van der Waals surface area contributed by atoms with Crippen LogP contribution in [0.1, 0.15) is 61.2 Å². The first-order valence-corrected chi connectivity index (χ1v) is 13.6. The average Bonchev–Trinajstić information content (AvgIpc) is 3.73. The van der Waals surface area contributed by atoms with Crippen molar-refractivity contribution < 1.29 is 4.52 Å². The molecule has 6 rings (SSSR count). The van der Waals surface area contributed by atoms with Crippen LogP contribution in [0, 0.1) is 0 Å². The van der Waals surface area contributed by atoms with Crippen molar-refractivity contribution in [2.45, 2.75) is 51.4 Å². The van der Waals surface area contributed by atoms with E-state index in [0.29, 0.717) is 18.2 Å². The van der Waals surface area contributed by atoms with Crippen molar-refractivity contribution in [2.24, 2.45) is 0 Å². The SMILES string of the molecule is CCCCc1nc(C2CC2)n(-c2ccccc2)c(=O)c1Cc1ccc(-c2ccccc2-c2noc(=O)[nH]2)cc1.[KH]. The standard InChI is InChI=1S/C32H30N4O3.K.H/c1-2-3-13-28-27(31(37)36(24-9-5-4-6-10-24)30(33-28)23-18-19-23)20-21-14-16-22(17-15-21)25-11-7-8-12-26(25)29-34-32(38)39-35-29;;/h4-12,14-17,23H,2-3,13,18-20H2,1H3,(H,34,35,38);;. The molecule has 40 heavy (non-hydrogen) atoms. The van der Waals surface area contributed by atoms with Crippen LogP contribution in [0.15, 0.2) is 93.0 Å². The summed E-state index contributed by atoms with van der Waals surface area (Å²) in [6, 6.07) is 25.8. The van der Waals surface area contributed by atoms with Crippen molar-refractivity contribution >= 4 is 51.4 Å². The fraction of sp³-hybridized carbons (Fsp3) is 0.250. The Balaban J connectivity index is 0.00000323. The Kier molecular flexibility index (Phi) is 9.12. The predicted molar refractivity (Wildman–Crippen MR) is 158 cm³/mol. The van der Waals surface area contributed by atoms with E-state index in [4.69, 9.17) is 9.51 Å². The number of aromatic nitrogens is 4. The number of hydrogen-bond donors (Lipinski definition) is 1. The van der Waals surface area contributed by atoms with Crippen molar-refractivity contribution in [1.82, 2.24) is 19.7 Å². The zero-order valence-electron chi connectivity index (χ0n) is 21.9. The quantitative estimate of drug-likeness (QED) is 0.244. The number of unbranched alkanes of at least 4 members (excludes halogenated alkanes) is 1. The molecule has 5 aromatic rings. The van der Waals surface area contributed by atoms with Gasteiger partial charge >= 0.3 is 57.1 Å². The maximum atomic E-state index is 14.1. The number of H-pyrrole nitrogens is 1. The normalized spacial score (nSPS) is 12.7. The molecule has 1 N–H and O–H groups in total. The van der Waals surface area contributed by atoms with Gasteiger partial charge in [-0.05, 0) is 54.5 Å². The summed E-state index contributed by atoms with van der Waals surface area (Å²) >= 11 is 0. The molecule has 0 atom stereocenters. The van der Waals surface area contributed by atoms with Gasteiger partial charge in [-0.1, -0.05) is 85.2 Å². The van der Waals surface area contributed by atoms with Crippen LogP contribution < -0.4 is 11.3 Å². The molecular weight excluding hydrogens is 527 g/mol. The van der Waals surface area contributed by atoms with Gasteiger partial charge in [-0.15, -0.1) is 0 Å². The van der Waals surface area contributed by atoms with Gasteiger partial charge in [-0.25, -0.2) is 9.78 Å². The van der Waals surface area contributed by atoms with Gasteiger partial charge in [0.2, 0.25) is 0 Å². The number of para-hydroxylation sites is 1. The molecule has 2 heterocycles. The molecule has 0 spiro atoms. The summed E-state index contributed by atoms with van der Waals surface area (Å²) in [5.74, 6) is 1.06. The first-order chi connectivity index (χ1) is 19.1. The fourth-order valence-corrected chi connectivity index (χ4v) is 5.08. The topological polar surface area (TPSA) is 93.8 Å². The summed E-state index contributed by atoms with van der Waals surface area (Å²) in [6.07, 6.45) is 5.53. The van der Waals surface area contributed by atoms with Gasteiger partial charge in [-0.3, -0.25) is 18.9 Å². The second-order valence-corrected chi connectivity index (χ2v) is 10.1. The van der Waals surface area contributed by atoms with Crippen molar-refractivity contribution in [1.29, 1.82) is 0 Å². The van der Waals surface area contributed by atoms with Gasteiger partial charge in [0.15, 0.2) is 5.82 Å². The van der Waals surface area contributed by atoms with Crippen molar-refractivity contribution in [2.75, 3.05) is 0 Å². The molecule has 1 saturated carbocycles. The summed E-state index contributed by atoms with van der Waals surface area (Å²) in [6.45, 7) is 2.16. The molecule has 0 saturated heterocycles. The molecule has 0 amide bonds. The first-order valence-electron chi connectivity index (χ1n) is 13.6. The van der Waals surface area contributed by atoms with Crippen LogP contribution in [0.25, 0.3) is 28.2 Å². The van der Waals surface area contributed by atoms with Crippen LogP contribution in [0.4, 0.5) is 0 Å². The number of benzene rings is 3. The summed E-state index contributed by atoms with van der Waals surface area (Å²) in [4.78, 5) is 33.4. The third kappa shape index (κ3) is 6.06. The third-order valence-electron chi connectivity index (χ3n) is 7.28. The maximum absolute atomic E-state index is 14.1. The number of hydrogen-bond acceptors (Lipinski definition) is 5. The average molecular weight is 559 g/mol. The second-order valence-electron chi connectivity index (χ2n) is 10.1. The third-order valence-corrected chi connectivity index (χ3v) is 7.28. The number of rotatable bonds is 9. The van der Waals surface area contributed by atoms with Crippen LogP contribution in [0.2, 0.25) is 0 Å². The predicted octanol–water partition coefficient (Wildman–Crippen LogP) is 5.41. The Morgan fingerprint density at radius 1 is 0.925 bits per heavy atom. The summed E-state index contributed by atoms with van der Waals surface area (Å²) in [5.41, 5.74) is 6.34.